The van der Waals surface area contributed by atoms with Crippen LogP contribution in [0.2, 0.25) is 0 Å². The van der Waals surface area contributed by atoms with Gasteiger partial charge in [0.1, 0.15) is 17.5 Å². The number of carbonyl (C=O) groups is 2. The zero-order valence-electron chi connectivity index (χ0n) is 15.9. The molecule has 0 unspecified atom stereocenters. The minimum Gasteiger partial charge on any atom is -0.497 e. The van der Waals surface area contributed by atoms with Crippen molar-refractivity contribution in [2.45, 2.75) is 19.9 Å². The van der Waals surface area contributed by atoms with E-state index in [0.29, 0.717) is 29.4 Å². The number of hydrogen-bond acceptors (Lipinski definition) is 6. The van der Waals surface area contributed by atoms with Crippen LogP contribution < -0.4 is 25.6 Å². The predicted molar refractivity (Wildman–Crippen MR) is 104 cm³/mol. The second-order valence-electron chi connectivity index (χ2n) is 5.76. The summed E-state index contributed by atoms with van der Waals surface area (Å²) in [6, 6.07) is 13.0. The summed E-state index contributed by atoms with van der Waals surface area (Å²) in [5.41, 5.74) is 6.71. The van der Waals surface area contributed by atoms with Crippen molar-refractivity contribution in [1.29, 1.82) is 5.26 Å². The third-order valence-electron chi connectivity index (χ3n) is 3.75. The zero-order valence-corrected chi connectivity index (χ0v) is 15.9. The van der Waals surface area contributed by atoms with Crippen molar-refractivity contribution in [2.24, 2.45) is 0 Å². The molecule has 2 amide bonds. The Labute approximate surface area is 163 Å². The van der Waals surface area contributed by atoms with Crippen LogP contribution in [0.4, 0.5) is 5.69 Å². The Morgan fingerprint density at radius 1 is 1.18 bits per heavy atom. The maximum absolute atomic E-state index is 12.6. The van der Waals surface area contributed by atoms with Crippen molar-refractivity contribution in [2.75, 3.05) is 19.0 Å². The molecule has 0 aliphatic heterocycles. The minimum absolute atomic E-state index is 0.224. The summed E-state index contributed by atoms with van der Waals surface area (Å²) in [5, 5.41) is 12.0. The van der Waals surface area contributed by atoms with Crippen LogP contribution in [0.1, 0.15) is 35.8 Å². The van der Waals surface area contributed by atoms with Gasteiger partial charge in [0.25, 0.3) is 5.91 Å². The molecule has 0 radical (unpaired) electrons. The molecule has 0 bridgehead atoms. The van der Waals surface area contributed by atoms with Gasteiger partial charge in [-0.3, -0.25) is 15.0 Å². The van der Waals surface area contributed by atoms with E-state index in [0.717, 1.165) is 0 Å². The van der Waals surface area contributed by atoms with E-state index in [4.69, 9.17) is 9.47 Å². The van der Waals surface area contributed by atoms with Crippen LogP contribution >= 0.6 is 0 Å². The lowest BCUT2D eigenvalue weighted by atomic mass is 10.1. The van der Waals surface area contributed by atoms with Crippen molar-refractivity contribution >= 4 is 17.5 Å². The highest BCUT2D eigenvalue weighted by Crippen LogP contribution is 2.24. The summed E-state index contributed by atoms with van der Waals surface area (Å²) in [5.74, 6) is 0.306. The number of methoxy groups -OCH3 is 1. The topological polar surface area (TPSA) is 112 Å². The molecule has 0 fully saturated rings. The lowest BCUT2D eigenvalue weighted by Crippen LogP contribution is -2.39. The number of amides is 2. The highest BCUT2D eigenvalue weighted by atomic mass is 16.5. The zero-order chi connectivity index (χ0) is 20.5. The smallest absolute Gasteiger partial charge is 0.269 e. The molecular formula is C20H22N4O4. The number of nitriles is 1. The molecule has 2 rings (SSSR count). The molecule has 2 aromatic carbocycles. The Bertz CT molecular complexity index is 875. The van der Waals surface area contributed by atoms with Crippen molar-refractivity contribution in [3.05, 3.63) is 53.6 Å². The highest BCUT2D eigenvalue weighted by Gasteiger charge is 2.16. The molecule has 0 aliphatic rings. The Kier molecular flexibility index (Phi) is 7.37. The van der Waals surface area contributed by atoms with Gasteiger partial charge in [-0.2, -0.15) is 5.26 Å². The number of hydrazine groups is 1. The summed E-state index contributed by atoms with van der Waals surface area (Å²) in [6.45, 7) is 3.54. The summed E-state index contributed by atoms with van der Waals surface area (Å²) < 4.78 is 10.6. The Morgan fingerprint density at radius 2 is 1.89 bits per heavy atom. The van der Waals surface area contributed by atoms with Crippen LogP contribution in [-0.4, -0.2) is 25.5 Å². The average Bonchev–Trinajstić information content (AvgIpc) is 2.68. The molecule has 28 heavy (non-hydrogen) atoms. The van der Waals surface area contributed by atoms with Gasteiger partial charge >= 0.3 is 0 Å². The molecule has 3 N–H and O–H groups in total. The SMILES string of the molecule is CCOc1cc(NC(C)=O)ccc1C(=O)NN[C@H](C#N)c1ccc(OC)cc1. The largest absolute Gasteiger partial charge is 0.497 e. The lowest BCUT2D eigenvalue weighted by Gasteiger charge is -2.16. The van der Waals surface area contributed by atoms with Crippen molar-refractivity contribution in [3.8, 4) is 17.6 Å². The van der Waals surface area contributed by atoms with E-state index in [2.05, 4.69) is 22.2 Å². The number of anilines is 1. The number of hydrogen-bond donors (Lipinski definition) is 3. The second-order valence-corrected chi connectivity index (χ2v) is 5.76. The van der Waals surface area contributed by atoms with Crippen molar-refractivity contribution in [3.63, 3.8) is 0 Å². The van der Waals surface area contributed by atoms with E-state index in [1.807, 2.05) is 0 Å². The summed E-state index contributed by atoms with van der Waals surface area (Å²) in [6.07, 6.45) is 0. The van der Waals surface area contributed by atoms with E-state index in [-0.39, 0.29) is 11.5 Å². The van der Waals surface area contributed by atoms with Gasteiger partial charge in [0, 0.05) is 18.7 Å². The monoisotopic (exact) mass is 382 g/mol. The maximum Gasteiger partial charge on any atom is 0.269 e. The molecular weight excluding hydrogens is 360 g/mol. The van der Waals surface area contributed by atoms with Gasteiger partial charge < -0.3 is 14.8 Å². The Balaban J connectivity index is 2.12. The summed E-state index contributed by atoms with van der Waals surface area (Å²) in [7, 11) is 1.56. The van der Waals surface area contributed by atoms with Gasteiger partial charge in [0.05, 0.1) is 25.3 Å². The fourth-order valence-electron chi connectivity index (χ4n) is 2.46. The first kappa shape index (κ1) is 20.7. The summed E-state index contributed by atoms with van der Waals surface area (Å²) >= 11 is 0. The molecule has 0 spiro atoms. The molecule has 8 heteroatoms. The molecule has 0 saturated carbocycles. The number of rotatable bonds is 8. The Hall–Kier alpha value is -3.57. The Morgan fingerprint density at radius 3 is 2.46 bits per heavy atom. The molecule has 8 nitrogen and oxygen atoms in total. The van der Waals surface area contributed by atoms with Gasteiger partial charge in [0.2, 0.25) is 5.91 Å². The first-order chi connectivity index (χ1) is 13.5. The standard InChI is InChI=1S/C20H22N4O4/c1-4-28-19-11-15(22-13(2)25)7-10-17(19)20(26)24-23-18(12-21)14-5-8-16(27-3)9-6-14/h5-11,18,23H,4H2,1-3H3,(H,22,25)(H,24,26)/t18-/m1/s1. The second kappa shape index (κ2) is 9.94. The molecule has 0 heterocycles. The fraction of sp³-hybridized carbons (Fsp3) is 0.250. The number of benzene rings is 2. The third kappa shape index (κ3) is 5.46. The minimum atomic E-state index is -0.746. The van der Waals surface area contributed by atoms with Gasteiger partial charge in [0.15, 0.2) is 0 Å². The van der Waals surface area contributed by atoms with E-state index >= 15 is 0 Å². The molecule has 1 atom stereocenters. The van der Waals surface area contributed by atoms with E-state index in [1.165, 1.54) is 6.92 Å². The normalized spacial score (nSPS) is 11.1. The van der Waals surface area contributed by atoms with Crippen molar-refractivity contribution in [1.82, 2.24) is 10.9 Å². The van der Waals surface area contributed by atoms with Crippen LogP contribution in [0.5, 0.6) is 11.5 Å². The molecule has 0 saturated heterocycles. The predicted octanol–water partition coefficient (Wildman–Crippen LogP) is 2.55. The molecule has 2 aromatic rings. The van der Waals surface area contributed by atoms with Crippen LogP contribution in [0.25, 0.3) is 0 Å². The molecule has 0 aromatic heterocycles. The quantitative estimate of drug-likeness (QED) is 0.605. The van der Waals surface area contributed by atoms with E-state index in [1.54, 1.807) is 56.5 Å². The van der Waals surface area contributed by atoms with Gasteiger partial charge in [-0.15, -0.1) is 0 Å². The van der Waals surface area contributed by atoms with E-state index < -0.39 is 11.9 Å². The highest BCUT2D eigenvalue weighted by molar-refractivity contribution is 5.98. The van der Waals surface area contributed by atoms with Crippen LogP contribution in [0.15, 0.2) is 42.5 Å². The van der Waals surface area contributed by atoms with Crippen LogP contribution in [0.3, 0.4) is 0 Å². The van der Waals surface area contributed by atoms with Crippen LogP contribution in [-0.2, 0) is 4.79 Å². The lowest BCUT2D eigenvalue weighted by molar-refractivity contribution is -0.114. The van der Waals surface area contributed by atoms with Gasteiger partial charge in [-0.05, 0) is 36.8 Å². The molecule has 0 aliphatic carbocycles. The summed E-state index contributed by atoms with van der Waals surface area (Å²) in [4.78, 5) is 23.8. The fourth-order valence-corrected chi connectivity index (χ4v) is 2.46. The third-order valence-corrected chi connectivity index (χ3v) is 3.75. The van der Waals surface area contributed by atoms with Crippen LogP contribution in [0, 0.1) is 11.3 Å². The maximum atomic E-state index is 12.6. The van der Waals surface area contributed by atoms with Crippen molar-refractivity contribution < 1.29 is 19.1 Å². The molecule has 146 valence electrons. The first-order valence-electron chi connectivity index (χ1n) is 8.62. The van der Waals surface area contributed by atoms with Gasteiger partial charge in [-0.1, -0.05) is 12.1 Å². The van der Waals surface area contributed by atoms with E-state index in [9.17, 15) is 14.9 Å². The number of carbonyl (C=O) groups excluding carboxylic acids is 2. The number of nitrogens with one attached hydrogen (secondary N) is 3. The number of ether oxygens (including phenoxy) is 2. The van der Waals surface area contributed by atoms with Gasteiger partial charge in [-0.25, -0.2) is 5.43 Å². The number of nitrogens with zero attached hydrogens (tertiary/aromatic N) is 1. The first-order valence-corrected chi connectivity index (χ1v) is 8.62. The average molecular weight is 382 g/mol.